The zero-order valence-corrected chi connectivity index (χ0v) is 16.5. The maximum absolute atomic E-state index is 13.5. The van der Waals surface area contributed by atoms with Crippen LogP contribution < -0.4 is 11.4 Å². The number of nitrogens with zero attached hydrogens (tertiary/aromatic N) is 3. The first-order valence-corrected chi connectivity index (χ1v) is 9.67. The summed E-state index contributed by atoms with van der Waals surface area (Å²) in [4.78, 5) is 33.6. The molecule has 1 aliphatic heterocycles. The van der Waals surface area contributed by atoms with Crippen LogP contribution in [0.3, 0.4) is 0 Å². The van der Waals surface area contributed by atoms with Crippen LogP contribution in [0.25, 0.3) is 10.9 Å². The summed E-state index contributed by atoms with van der Waals surface area (Å²) >= 11 is 0. The van der Waals surface area contributed by atoms with Crippen molar-refractivity contribution in [3.8, 4) is 0 Å². The van der Waals surface area contributed by atoms with Crippen LogP contribution in [0, 0.1) is 5.82 Å². The van der Waals surface area contributed by atoms with E-state index in [2.05, 4.69) is 15.1 Å². The molecule has 2 heterocycles. The maximum atomic E-state index is 13.5. The molecule has 3 N–H and O–H groups in total. The van der Waals surface area contributed by atoms with Gasteiger partial charge in [-0.1, -0.05) is 0 Å². The Labute approximate surface area is 176 Å². The van der Waals surface area contributed by atoms with Crippen LogP contribution in [-0.4, -0.2) is 54.0 Å². The molecule has 9 heteroatoms. The first kappa shape index (κ1) is 20.4. The number of hydrogen-bond donors (Lipinski definition) is 2. The number of carbonyl (C=O) groups excluding carboxylic acids is 1. The van der Waals surface area contributed by atoms with Crippen molar-refractivity contribution in [2.75, 3.05) is 26.3 Å². The summed E-state index contributed by atoms with van der Waals surface area (Å²) < 4.78 is 18.8. The van der Waals surface area contributed by atoms with Crippen molar-refractivity contribution in [3.05, 3.63) is 75.8 Å². The zero-order chi connectivity index (χ0) is 21.8. The van der Waals surface area contributed by atoms with Crippen molar-refractivity contribution < 1.29 is 13.9 Å². The molecule has 0 spiro atoms. The van der Waals surface area contributed by atoms with Gasteiger partial charge in [0, 0.05) is 29.6 Å². The number of aliphatic imine (C=N–C) groups is 1. The van der Waals surface area contributed by atoms with Gasteiger partial charge in [0.2, 0.25) is 0 Å². The van der Waals surface area contributed by atoms with E-state index in [4.69, 9.17) is 10.6 Å². The molecule has 1 fully saturated rings. The highest BCUT2D eigenvalue weighted by atomic mass is 19.1. The van der Waals surface area contributed by atoms with Gasteiger partial charge < -0.3 is 20.5 Å². The lowest BCUT2D eigenvalue weighted by Crippen LogP contribution is -2.40. The average molecular weight is 421 g/mol. The fourth-order valence-corrected chi connectivity index (χ4v) is 3.31. The Bertz CT molecular complexity index is 1230. The van der Waals surface area contributed by atoms with E-state index in [1.54, 1.807) is 29.2 Å². The van der Waals surface area contributed by atoms with Crippen LogP contribution >= 0.6 is 0 Å². The van der Waals surface area contributed by atoms with Crippen molar-refractivity contribution in [1.29, 1.82) is 0 Å². The number of benzene rings is 2. The van der Waals surface area contributed by atoms with E-state index < -0.39 is 11.4 Å². The highest BCUT2D eigenvalue weighted by molar-refractivity contribution is 6.38. The molecular weight excluding hydrogens is 401 g/mol. The molecule has 1 amide bonds. The van der Waals surface area contributed by atoms with Gasteiger partial charge in [0.15, 0.2) is 0 Å². The Morgan fingerprint density at radius 1 is 1.13 bits per heavy atom. The van der Waals surface area contributed by atoms with Gasteiger partial charge in [0.25, 0.3) is 11.5 Å². The largest absolute Gasteiger partial charge is 0.378 e. The van der Waals surface area contributed by atoms with E-state index in [9.17, 15) is 14.0 Å². The summed E-state index contributed by atoms with van der Waals surface area (Å²) in [6.07, 6.45) is 1.36. The van der Waals surface area contributed by atoms with Crippen molar-refractivity contribution in [2.45, 2.75) is 0 Å². The molecule has 4 rings (SSSR count). The molecule has 3 aromatic rings. The van der Waals surface area contributed by atoms with Crippen LogP contribution in [0.2, 0.25) is 0 Å². The number of hydrazone groups is 1. The number of nitrogens with two attached hydrogens (primary N) is 1. The Morgan fingerprint density at radius 3 is 2.58 bits per heavy atom. The average Bonchev–Trinajstić information content (AvgIpc) is 2.80. The fraction of sp³-hybridized carbons (Fsp3) is 0.182. The van der Waals surface area contributed by atoms with E-state index in [0.717, 1.165) is 0 Å². The summed E-state index contributed by atoms with van der Waals surface area (Å²) in [7, 11) is 0. The molecule has 1 saturated heterocycles. The smallest absolute Gasteiger partial charge is 0.258 e. The third-order valence-electron chi connectivity index (χ3n) is 4.97. The van der Waals surface area contributed by atoms with E-state index in [1.165, 1.54) is 30.5 Å². The summed E-state index contributed by atoms with van der Waals surface area (Å²) in [5.74, 6) is 4.99. The van der Waals surface area contributed by atoms with Gasteiger partial charge in [-0.2, -0.15) is 5.10 Å². The standard InChI is InChI=1S/C22H20FN5O3/c23-16-3-6-19-15(11-16)12-18(21(29)26-19)20(27-24)13-25-17-4-1-14(2-5-17)22(30)28-7-9-31-10-8-28/h1-6,11-13H,7-10,24H2,(H,26,29). The van der Waals surface area contributed by atoms with Gasteiger partial charge in [0.1, 0.15) is 11.5 Å². The number of aromatic amines is 1. The highest BCUT2D eigenvalue weighted by Gasteiger charge is 2.18. The number of hydrogen-bond acceptors (Lipinski definition) is 6. The monoisotopic (exact) mass is 421 g/mol. The van der Waals surface area contributed by atoms with Gasteiger partial charge in [0.05, 0.1) is 30.7 Å². The van der Waals surface area contributed by atoms with Crippen LogP contribution in [0.1, 0.15) is 15.9 Å². The second kappa shape index (κ2) is 8.88. The molecule has 0 unspecified atom stereocenters. The van der Waals surface area contributed by atoms with Crippen LogP contribution in [-0.2, 0) is 4.74 Å². The Hall–Kier alpha value is -3.85. The summed E-state index contributed by atoms with van der Waals surface area (Å²) in [5.41, 5.74) is 1.51. The Kier molecular flexibility index (Phi) is 5.85. The molecule has 0 atom stereocenters. The fourth-order valence-electron chi connectivity index (χ4n) is 3.31. The minimum absolute atomic E-state index is 0.0574. The van der Waals surface area contributed by atoms with Crippen LogP contribution in [0.4, 0.5) is 10.1 Å². The predicted molar refractivity (Wildman–Crippen MR) is 117 cm³/mol. The number of rotatable bonds is 4. The Balaban J connectivity index is 1.54. The lowest BCUT2D eigenvalue weighted by atomic mass is 10.1. The van der Waals surface area contributed by atoms with E-state index in [-0.39, 0.29) is 17.2 Å². The summed E-state index contributed by atoms with van der Waals surface area (Å²) in [6.45, 7) is 2.21. The van der Waals surface area contributed by atoms with E-state index in [1.807, 2.05) is 0 Å². The first-order valence-electron chi connectivity index (χ1n) is 9.67. The second-order valence-electron chi connectivity index (χ2n) is 6.97. The number of aromatic nitrogens is 1. The number of amides is 1. The molecular formula is C22H20FN5O3. The molecule has 1 aliphatic rings. The van der Waals surface area contributed by atoms with Crippen molar-refractivity contribution >= 4 is 34.4 Å². The lowest BCUT2D eigenvalue weighted by Gasteiger charge is -2.26. The van der Waals surface area contributed by atoms with Crippen LogP contribution in [0.5, 0.6) is 0 Å². The molecule has 0 bridgehead atoms. The van der Waals surface area contributed by atoms with Gasteiger partial charge in [-0.05, 0) is 48.5 Å². The highest BCUT2D eigenvalue weighted by Crippen LogP contribution is 2.16. The number of nitrogens with one attached hydrogen (secondary N) is 1. The first-order chi connectivity index (χ1) is 15.0. The third kappa shape index (κ3) is 4.51. The number of ether oxygens (including phenoxy) is 1. The molecule has 0 saturated carbocycles. The zero-order valence-electron chi connectivity index (χ0n) is 16.5. The predicted octanol–water partition coefficient (Wildman–Crippen LogP) is 2.20. The topological polar surface area (TPSA) is 113 Å². The molecule has 31 heavy (non-hydrogen) atoms. The SMILES string of the molecule is NN=C(C=Nc1ccc(C(=O)N2CCOCC2)cc1)c1cc2cc(F)ccc2[nH]c1=O. The number of halogens is 1. The maximum Gasteiger partial charge on any atom is 0.258 e. The number of carbonyl (C=O) groups is 1. The Morgan fingerprint density at radius 2 is 1.87 bits per heavy atom. The minimum atomic E-state index is -0.419. The number of pyridine rings is 1. The lowest BCUT2D eigenvalue weighted by molar-refractivity contribution is 0.0303. The van der Waals surface area contributed by atoms with Gasteiger partial charge in [-0.15, -0.1) is 0 Å². The van der Waals surface area contributed by atoms with Crippen LogP contribution in [0.15, 0.2) is 63.4 Å². The van der Waals surface area contributed by atoms with Crippen molar-refractivity contribution in [1.82, 2.24) is 9.88 Å². The normalized spacial score (nSPS) is 15.0. The van der Waals surface area contributed by atoms with Crippen molar-refractivity contribution in [3.63, 3.8) is 0 Å². The molecule has 8 nitrogen and oxygen atoms in total. The summed E-state index contributed by atoms with van der Waals surface area (Å²) in [5, 5.41) is 4.16. The minimum Gasteiger partial charge on any atom is -0.378 e. The van der Waals surface area contributed by atoms with Gasteiger partial charge in [-0.3, -0.25) is 14.6 Å². The molecule has 2 aromatic carbocycles. The van der Waals surface area contributed by atoms with E-state index >= 15 is 0 Å². The quantitative estimate of drug-likeness (QED) is 0.382. The van der Waals surface area contributed by atoms with Gasteiger partial charge >= 0.3 is 0 Å². The molecule has 0 aliphatic carbocycles. The number of H-pyrrole nitrogens is 1. The van der Waals surface area contributed by atoms with E-state index in [0.29, 0.717) is 48.5 Å². The molecule has 0 radical (unpaired) electrons. The third-order valence-corrected chi connectivity index (χ3v) is 4.97. The number of morpholine rings is 1. The second-order valence-corrected chi connectivity index (χ2v) is 6.97. The number of fused-ring (bicyclic) bond motifs is 1. The summed E-state index contributed by atoms with van der Waals surface area (Å²) in [6, 6.07) is 12.3. The van der Waals surface area contributed by atoms with Gasteiger partial charge in [-0.25, -0.2) is 4.39 Å². The molecule has 158 valence electrons. The molecule has 1 aromatic heterocycles. The van der Waals surface area contributed by atoms with Crippen molar-refractivity contribution in [2.24, 2.45) is 15.9 Å².